The molecule has 150 valence electrons. The van der Waals surface area contributed by atoms with Gasteiger partial charge in [-0.15, -0.1) is 0 Å². The Morgan fingerprint density at radius 2 is 1.68 bits per heavy atom. The summed E-state index contributed by atoms with van der Waals surface area (Å²) >= 11 is 0. The molecule has 0 spiro atoms. The van der Waals surface area contributed by atoms with Gasteiger partial charge in [0.05, 0.1) is 27.4 Å². The number of hydrogen-bond acceptors (Lipinski definition) is 5. The van der Waals surface area contributed by atoms with E-state index in [0.29, 0.717) is 24.3 Å². The number of morpholine rings is 1. The third-order valence-electron chi connectivity index (χ3n) is 4.84. The molecule has 0 aliphatic carbocycles. The van der Waals surface area contributed by atoms with Gasteiger partial charge in [-0.2, -0.15) is 0 Å². The summed E-state index contributed by atoms with van der Waals surface area (Å²) in [5.41, 5.74) is 3.10. The highest BCUT2D eigenvalue weighted by Gasteiger charge is 2.11. The molecule has 0 bridgehead atoms. The molecular formula is C22H28N2O4. The number of carbonyl (C=O) groups is 1. The fourth-order valence-electron chi connectivity index (χ4n) is 3.23. The van der Waals surface area contributed by atoms with Crippen molar-refractivity contribution in [2.75, 3.05) is 45.8 Å². The molecule has 0 radical (unpaired) electrons. The molecule has 0 saturated carbocycles. The third-order valence-corrected chi connectivity index (χ3v) is 4.84. The second-order valence-electron chi connectivity index (χ2n) is 6.82. The Morgan fingerprint density at radius 1 is 1.00 bits per heavy atom. The highest BCUT2D eigenvalue weighted by molar-refractivity contribution is 5.90. The molecule has 1 heterocycles. The van der Waals surface area contributed by atoms with Crippen molar-refractivity contribution in [1.82, 2.24) is 4.90 Å². The zero-order valence-corrected chi connectivity index (χ0v) is 16.6. The van der Waals surface area contributed by atoms with Crippen molar-refractivity contribution in [1.29, 1.82) is 0 Å². The predicted octanol–water partition coefficient (Wildman–Crippen LogP) is 3.11. The van der Waals surface area contributed by atoms with Crippen LogP contribution in [0.2, 0.25) is 0 Å². The first-order valence-electron chi connectivity index (χ1n) is 9.57. The van der Waals surface area contributed by atoms with E-state index >= 15 is 0 Å². The smallest absolute Gasteiger partial charge is 0.224 e. The lowest BCUT2D eigenvalue weighted by molar-refractivity contribution is -0.116. The Labute approximate surface area is 166 Å². The number of hydrogen-bond donors (Lipinski definition) is 1. The van der Waals surface area contributed by atoms with Gasteiger partial charge in [0.1, 0.15) is 0 Å². The quantitative estimate of drug-likeness (QED) is 0.758. The number of nitrogens with one attached hydrogen (secondary N) is 1. The van der Waals surface area contributed by atoms with Gasteiger partial charge in [0, 0.05) is 31.7 Å². The molecule has 2 aromatic rings. The summed E-state index contributed by atoms with van der Waals surface area (Å²) in [6.45, 7) is 4.45. The highest BCUT2D eigenvalue weighted by atomic mass is 16.5. The first kappa shape index (κ1) is 20.2. The van der Waals surface area contributed by atoms with E-state index in [0.717, 1.165) is 44.1 Å². The minimum absolute atomic E-state index is 0.00397. The fraction of sp³-hybridized carbons (Fsp3) is 0.409. The second-order valence-corrected chi connectivity index (χ2v) is 6.82. The van der Waals surface area contributed by atoms with Crippen molar-refractivity contribution in [2.24, 2.45) is 0 Å². The van der Waals surface area contributed by atoms with E-state index in [1.807, 2.05) is 30.3 Å². The maximum Gasteiger partial charge on any atom is 0.224 e. The van der Waals surface area contributed by atoms with E-state index in [1.165, 1.54) is 5.56 Å². The second kappa shape index (κ2) is 10.1. The van der Waals surface area contributed by atoms with Crippen LogP contribution in [0.25, 0.3) is 0 Å². The van der Waals surface area contributed by atoms with Crippen LogP contribution in [0.15, 0.2) is 42.5 Å². The Bertz CT molecular complexity index is 771. The van der Waals surface area contributed by atoms with Crippen LogP contribution in [0.3, 0.4) is 0 Å². The summed E-state index contributed by atoms with van der Waals surface area (Å²) in [6, 6.07) is 13.8. The molecule has 6 nitrogen and oxygen atoms in total. The van der Waals surface area contributed by atoms with E-state index in [2.05, 4.69) is 22.3 Å². The molecular weight excluding hydrogens is 356 g/mol. The van der Waals surface area contributed by atoms with Crippen LogP contribution in [-0.4, -0.2) is 51.3 Å². The molecule has 6 heteroatoms. The van der Waals surface area contributed by atoms with E-state index in [4.69, 9.17) is 14.2 Å². The van der Waals surface area contributed by atoms with Crippen LogP contribution in [0.5, 0.6) is 11.5 Å². The first-order chi connectivity index (χ1) is 13.7. The number of rotatable bonds is 8. The van der Waals surface area contributed by atoms with Gasteiger partial charge in [0.2, 0.25) is 5.91 Å². The molecule has 2 aromatic carbocycles. The molecule has 0 atom stereocenters. The van der Waals surface area contributed by atoms with Crippen molar-refractivity contribution in [3.8, 4) is 11.5 Å². The van der Waals surface area contributed by atoms with Crippen molar-refractivity contribution >= 4 is 11.6 Å². The van der Waals surface area contributed by atoms with Gasteiger partial charge in [-0.05, 0) is 41.8 Å². The molecule has 28 heavy (non-hydrogen) atoms. The average molecular weight is 384 g/mol. The van der Waals surface area contributed by atoms with Crippen LogP contribution in [0, 0.1) is 0 Å². The number of carbonyl (C=O) groups excluding carboxylic acids is 1. The lowest BCUT2D eigenvalue weighted by atomic mass is 10.1. The van der Waals surface area contributed by atoms with Crippen molar-refractivity contribution < 1.29 is 19.0 Å². The largest absolute Gasteiger partial charge is 0.493 e. The molecule has 0 unspecified atom stereocenters. The normalized spacial score (nSPS) is 14.5. The van der Waals surface area contributed by atoms with Crippen molar-refractivity contribution in [3.63, 3.8) is 0 Å². The topological polar surface area (TPSA) is 60.0 Å². The number of anilines is 1. The molecule has 1 N–H and O–H groups in total. The van der Waals surface area contributed by atoms with Gasteiger partial charge >= 0.3 is 0 Å². The van der Waals surface area contributed by atoms with E-state index < -0.39 is 0 Å². The van der Waals surface area contributed by atoms with Crippen LogP contribution >= 0.6 is 0 Å². The summed E-state index contributed by atoms with van der Waals surface area (Å²) in [6.07, 6.45) is 1.05. The lowest BCUT2D eigenvalue weighted by Gasteiger charge is -2.26. The maximum absolute atomic E-state index is 12.3. The summed E-state index contributed by atoms with van der Waals surface area (Å²) in [5, 5.41) is 2.97. The Balaban J connectivity index is 1.48. The number of ether oxygens (including phenoxy) is 3. The molecule has 1 aliphatic rings. The van der Waals surface area contributed by atoms with E-state index in [9.17, 15) is 4.79 Å². The summed E-state index contributed by atoms with van der Waals surface area (Å²) in [5.74, 6) is 1.36. The Morgan fingerprint density at radius 3 is 2.36 bits per heavy atom. The molecule has 3 rings (SSSR count). The van der Waals surface area contributed by atoms with Crippen LogP contribution < -0.4 is 14.8 Å². The average Bonchev–Trinajstić information content (AvgIpc) is 2.74. The lowest BCUT2D eigenvalue weighted by Crippen LogP contribution is -2.35. The highest BCUT2D eigenvalue weighted by Crippen LogP contribution is 2.28. The van der Waals surface area contributed by atoms with Crippen LogP contribution in [0.4, 0.5) is 5.69 Å². The number of benzene rings is 2. The first-order valence-corrected chi connectivity index (χ1v) is 9.57. The molecule has 0 aromatic heterocycles. The molecule has 1 amide bonds. The monoisotopic (exact) mass is 384 g/mol. The van der Waals surface area contributed by atoms with Gasteiger partial charge in [0.15, 0.2) is 11.5 Å². The minimum Gasteiger partial charge on any atom is -0.493 e. The van der Waals surface area contributed by atoms with Gasteiger partial charge in [-0.1, -0.05) is 18.2 Å². The van der Waals surface area contributed by atoms with Crippen molar-refractivity contribution in [3.05, 3.63) is 53.6 Å². The van der Waals surface area contributed by atoms with Gasteiger partial charge in [-0.25, -0.2) is 0 Å². The molecule has 1 saturated heterocycles. The standard InChI is InChI=1S/C22H28N2O4/c1-26-20-9-5-17(15-21(20)27-2)6-10-22(25)23-19-7-3-18(4-8-19)16-24-11-13-28-14-12-24/h3-5,7-9,15H,6,10-14,16H2,1-2H3,(H,23,25). The zero-order valence-electron chi connectivity index (χ0n) is 16.6. The van der Waals surface area contributed by atoms with Gasteiger partial charge in [-0.3, -0.25) is 9.69 Å². The third kappa shape index (κ3) is 5.71. The summed E-state index contributed by atoms with van der Waals surface area (Å²) in [4.78, 5) is 14.7. The number of nitrogens with zero attached hydrogens (tertiary/aromatic N) is 1. The zero-order chi connectivity index (χ0) is 19.8. The maximum atomic E-state index is 12.3. The molecule has 1 fully saturated rings. The number of aryl methyl sites for hydroxylation is 1. The number of methoxy groups -OCH3 is 2. The fourth-order valence-corrected chi connectivity index (χ4v) is 3.23. The van der Waals surface area contributed by atoms with E-state index in [1.54, 1.807) is 14.2 Å². The number of amides is 1. The minimum atomic E-state index is -0.00397. The van der Waals surface area contributed by atoms with Gasteiger partial charge < -0.3 is 19.5 Å². The van der Waals surface area contributed by atoms with E-state index in [-0.39, 0.29) is 5.91 Å². The Kier molecular flexibility index (Phi) is 7.28. The summed E-state index contributed by atoms with van der Waals surface area (Å²) in [7, 11) is 3.22. The van der Waals surface area contributed by atoms with Crippen LogP contribution in [0.1, 0.15) is 17.5 Å². The Hall–Kier alpha value is -2.57. The van der Waals surface area contributed by atoms with Crippen LogP contribution in [-0.2, 0) is 22.5 Å². The molecule has 1 aliphatic heterocycles. The van der Waals surface area contributed by atoms with Crippen molar-refractivity contribution in [2.45, 2.75) is 19.4 Å². The predicted molar refractivity (Wildman–Crippen MR) is 109 cm³/mol. The summed E-state index contributed by atoms with van der Waals surface area (Å²) < 4.78 is 15.9. The SMILES string of the molecule is COc1ccc(CCC(=O)Nc2ccc(CN3CCOCC3)cc2)cc1OC. The van der Waals surface area contributed by atoms with Gasteiger partial charge in [0.25, 0.3) is 0 Å².